The van der Waals surface area contributed by atoms with Crippen LogP contribution >= 0.6 is 11.6 Å². The van der Waals surface area contributed by atoms with Crippen molar-refractivity contribution < 1.29 is 17.9 Å². The van der Waals surface area contributed by atoms with E-state index in [0.717, 1.165) is 5.56 Å². The first kappa shape index (κ1) is 22.8. The second-order valence-electron chi connectivity index (χ2n) is 7.96. The lowest BCUT2D eigenvalue weighted by Gasteiger charge is -2.19. The first-order valence-electron chi connectivity index (χ1n) is 9.49. The minimum Gasteiger partial charge on any atom is -0.496 e. The number of para-hydroxylation sites is 1. The summed E-state index contributed by atoms with van der Waals surface area (Å²) in [6.45, 7) is 6.13. The van der Waals surface area contributed by atoms with Crippen molar-refractivity contribution in [3.63, 3.8) is 0 Å². The summed E-state index contributed by atoms with van der Waals surface area (Å²) >= 11 is 6.04. The van der Waals surface area contributed by atoms with E-state index in [1.165, 1.54) is 31.5 Å². The number of rotatable bonds is 6. The molecule has 0 fully saturated rings. The van der Waals surface area contributed by atoms with E-state index in [1.54, 1.807) is 36.4 Å². The molecule has 3 rings (SSSR count). The minimum absolute atomic E-state index is 0.0108. The van der Waals surface area contributed by atoms with Crippen LogP contribution in [-0.2, 0) is 15.4 Å². The molecule has 0 aliphatic heterocycles. The van der Waals surface area contributed by atoms with Crippen molar-refractivity contribution >= 4 is 33.1 Å². The first-order valence-corrected chi connectivity index (χ1v) is 11.4. The standard InChI is InChI=1S/C23H23ClN2O4S/c1-23(2,3)15-9-11-17(12-10-15)31(28,29)26-19-13-16(24)14-25-21(19)22(27)18-7-5-6-8-20(18)30-4/h5-14,26H,1-4H3. The van der Waals surface area contributed by atoms with Gasteiger partial charge in [0.25, 0.3) is 10.0 Å². The normalized spacial score (nSPS) is 11.8. The zero-order chi connectivity index (χ0) is 22.8. The zero-order valence-corrected chi connectivity index (χ0v) is 19.2. The van der Waals surface area contributed by atoms with Crippen molar-refractivity contribution in [2.75, 3.05) is 11.8 Å². The van der Waals surface area contributed by atoms with Crippen LogP contribution in [0.25, 0.3) is 0 Å². The Bertz CT molecular complexity index is 1220. The average molecular weight is 459 g/mol. The summed E-state index contributed by atoms with van der Waals surface area (Å²) in [6, 6.07) is 14.6. The van der Waals surface area contributed by atoms with E-state index in [0.29, 0.717) is 5.75 Å². The van der Waals surface area contributed by atoms with Gasteiger partial charge in [-0.3, -0.25) is 9.52 Å². The number of hydrogen-bond acceptors (Lipinski definition) is 5. The van der Waals surface area contributed by atoms with Crippen LogP contribution in [0.4, 0.5) is 5.69 Å². The van der Waals surface area contributed by atoms with Gasteiger partial charge in [-0.15, -0.1) is 0 Å². The number of ketones is 1. The Hall–Kier alpha value is -2.90. The van der Waals surface area contributed by atoms with Gasteiger partial charge in [-0.1, -0.05) is 56.6 Å². The van der Waals surface area contributed by atoms with Gasteiger partial charge < -0.3 is 4.74 Å². The monoisotopic (exact) mass is 458 g/mol. The summed E-state index contributed by atoms with van der Waals surface area (Å²) in [6.07, 6.45) is 1.29. The highest BCUT2D eigenvalue weighted by Crippen LogP contribution is 2.28. The first-order chi connectivity index (χ1) is 14.5. The maximum Gasteiger partial charge on any atom is 0.261 e. The largest absolute Gasteiger partial charge is 0.496 e. The molecule has 31 heavy (non-hydrogen) atoms. The fourth-order valence-electron chi connectivity index (χ4n) is 3.00. The predicted octanol–water partition coefficient (Wildman–Crippen LogP) is 5.07. The van der Waals surface area contributed by atoms with E-state index in [2.05, 4.69) is 9.71 Å². The Balaban J connectivity index is 2.00. The van der Waals surface area contributed by atoms with Crippen molar-refractivity contribution in [3.05, 3.63) is 82.6 Å². The molecule has 0 spiro atoms. The molecule has 1 aromatic heterocycles. The lowest BCUT2D eigenvalue weighted by atomic mass is 9.87. The number of pyridine rings is 1. The number of carbonyl (C=O) groups is 1. The number of hydrogen-bond donors (Lipinski definition) is 1. The molecule has 0 bridgehead atoms. The number of halogens is 1. The molecular weight excluding hydrogens is 436 g/mol. The number of methoxy groups -OCH3 is 1. The van der Waals surface area contributed by atoms with Gasteiger partial charge in [0.2, 0.25) is 5.78 Å². The van der Waals surface area contributed by atoms with Gasteiger partial charge in [-0.25, -0.2) is 13.4 Å². The molecule has 0 radical (unpaired) electrons. The quantitative estimate of drug-likeness (QED) is 0.521. The average Bonchev–Trinajstić information content (AvgIpc) is 2.72. The van der Waals surface area contributed by atoms with Gasteiger partial charge in [0.15, 0.2) is 0 Å². The topological polar surface area (TPSA) is 85.4 Å². The highest BCUT2D eigenvalue weighted by molar-refractivity contribution is 7.92. The molecule has 0 atom stereocenters. The molecule has 0 saturated carbocycles. The summed E-state index contributed by atoms with van der Waals surface area (Å²) in [5, 5.41) is 0.192. The van der Waals surface area contributed by atoms with E-state index in [1.807, 2.05) is 20.8 Å². The van der Waals surface area contributed by atoms with Crippen LogP contribution in [0.15, 0.2) is 65.7 Å². The van der Waals surface area contributed by atoms with Crippen LogP contribution in [0.5, 0.6) is 5.75 Å². The number of anilines is 1. The van der Waals surface area contributed by atoms with Crippen molar-refractivity contribution in [2.45, 2.75) is 31.1 Å². The van der Waals surface area contributed by atoms with Gasteiger partial charge >= 0.3 is 0 Å². The van der Waals surface area contributed by atoms with Gasteiger partial charge in [-0.2, -0.15) is 0 Å². The highest BCUT2D eigenvalue weighted by atomic mass is 35.5. The van der Waals surface area contributed by atoms with Crippen LogP contribution in [0, 0.1) is 0 Å². The molecule has 1 heterocycles. The summed E-state index contributed by atoms with van der Waals surface area (Å²) in [4.78, 5) is 17.3. The molecule has 0 saturated heterocycles. The van der Waals surface area contributed by atoms with E-state index in [9.17, 15) is 13.2 Å². The molecule has 0 amide bonds. The molecule has 1 N–H and O–H groups in total. The number of nitrogens with zero attached hydrogens (tertiary/aromatic N) is 1. The van der Waals surface area contributed by atoms with E-state index in [4.69, 9.17) is 16.3 Å². The Morgan fingerprint density at radius 2 is 1.71 bits per heavy atom. The molecule has 0 unspecified atom stereocenters. The Labute approximate surface area is 187 Å². The number of ether oxygens (including phenoxy) is 1. The Morgan fingerprint density at radius 3 is 2.32 bits per heavy atom. The summed E-state index contributed by atoms with van der Waals surface area (Å²) in [7, 11) is -2.53. The van der Waals surface area contributed by atoms with Crippen molar-refractivity contribution in [1.29, 1.82) is 0 Å². The fraction of sp³-hybridized carbons (Fsp3) is 0.217. The summed E-state index contributed by atoms with van der Waals surface area (Å²) in [5.74, 6) is -0.134. The summed E-state index contributed by atoms with van der Waals surface area (Å²) in [5.41, 5.74) is 1.06. The van der Waals surface area contributed by atoms with Gasteiger partial charge in [0.05, 0.1) is 28.3 Å². The zero-order valence-electron chi connectivity index (χ0n) is 17.6. The smallest absolute Gasteiger partial charge is 0.261 e. The van der Waals surface area contributed by atoms with Crippen LogP contribution in [0.3, 0.4) is 0 Å². The molecular formula is C23H23ClN2O4S. The molecule has 6 nitrogen and oxygen atoms in total. The second-order valence-corrected chi connectivity index (χ2v) is 10.1. The van der Waals surface area contributed by atoms with Crippen molar-refractivity contribution in [1.82, 2.24) is 4.98 Å². The molecule has 162 valence electrons. The molecule has 8 heteroatoms. The van der Waals surface area contributed by atoms with Crippen LogP contribution in [0.1, 0.15) is 42.4 Å². The number of aromatic nitrogens is 1. The second kappa shape index (κ2) is 8.69. The van der Waals surface area contributed by atoms with Gasteiger partial charge in [0, 0.05) is 6.20 Å². The fourth-order valence-corrected chi connectivity index (χ4v) is 4.21. The lowest BCUT2D eigenvalue weighted by molar-refractivity contribution is 0.103. The maximum atomic E-state index is 13.1. The van der Waals surface area contributed by atoms with E-state index < -0.39 is 15.8 Å². The third kappa shape index (κ3) is 5.06. The SMILES string of the molecule is COc1ccccc1C(=O)c1ncc(Cl)cc1NS(=O)(=O)c1ccc(C(C)(C)C)cc1. The number of carbonyl (C=O) groups excluding carboxylic acids is 1. The van der Waals surface area contributed by atoms with Crippen LogP contribution in [0.2, 0.25) is 5.02 Å². The van der Waals surface area contributed by atoms with E-state index in [-0.39, 0.29) is 32.3 Å². The third-order valence-corrected chi connectivity index (χ3v) is 6.28. The third-order valence-electron chi connectivity index (χ3n) is 4.70. The summed E-state index contributed by atoms with van der Waals surface area (Å²) < 4.78 is 33.7. The minimum atomic E-state index is -3.98. The lowest BCUT2D eigenvalue weighted by Crippen LogP contribution is -2.18. The van der Waals surface area contributed by atoms with E-state index >= 15 is 0 Å². The maximum absolute atomic E-state index is 13.1. The van der Waals surface area contributed by atoms with Gasteiger partial charge in [-0.05, 0) is 41.3 Å². The predicted molar refractivity (Wildman–Crippen MR) is 122 cm³/mol. The molecule has 0 aliphatic carbocycles. The molecule has 2 aromatic carbocycles. The number of sulfonamides is 1. The molecule has 3 aromatic rings. The number of benzene rings is 2. The Kier molecular flexibility index (Phi) is 6.38. The van der Waals surface area contributed by atoms with Crippen molar-refractivity contribution in [2.24, 2.45) is 0 Å². The van der Waals surface area contributed by atoms with Gasteiger partial charge in [0.1, 0.15) is 11.4 Å². The Morgan fingerprint density at radius 1 is 1.06 bits per heavy atom. The van der Waals surface area contributed by atoms with Crippen LogP contribution < -0.4 is 9.46 Å². The highest BCUT2D eigenvalue weighted by Gasteiger charge is 2.24. The number of nitrogens with one attached hydrogen (secondary N) is 1. The van der Waals surface area contributed by atoms with Crippen LogP contribution in [-0.4, -0.2) is 26.3 Å². The van der Waals surface area contributed by atoms with Crippen molar-refractivity contribution in [3.8, 4) is 5.75 Å². The molecule has 0 aliphatic rings.